The van der Waals surface area contributed by atoms with E-state index >= 15 is 0 Å². The average Bonchev–Trinajstić information content (AvgIpc) is 3.09. The number of amides is 2. The molecule has 0 atom stereocenters. The Kier molecular flexibility index (Phi) is 7.07. The minimum absolute atomic E-state index is 0.173. The van der Waals surface area contributed by atoms with Gasteiger partial charge in [0.05, 0.1) is 6.61 Å². The molecule has 0 spiro atoms. The van der Waals surface area contributed by atoms with E-state index in [1.54, 1.807) is 34.1 Å². The molecule has 0 bridgehead atoms. The third-order valence-corrected chi connectivity index (χ3v) is 5.63. The highest BCUT2D eigenvalue weighted by molar-refractivity contribution is 5.74. The molecule has 4 rings (SSSR count). The third kappa shape index (κ3) is 5.42. The summed E-state index contributed by atoms with van der Waals surface area (Å²) in [6.07, 6.45) is 2.51. The lowest BCUT2D eigenvalue weighted by atomic mass is 10.2. The number of carbonyl (C=O) groups is 1. The van der Waals surface area contributed by atoms with E-state index in [4.69, 9.17) is 4.74 Å². The molecule has 1 N–H and O–H groups in total. The van der Waals surface area contributed by atoms with E-state index in [1.807, 2.05) is 32.0 Å². The summed E-state index contributed by atoms with van der Waals surface area (Å²) < 4.78 is 21.4. The molecule has 1 aromatic heterocycles. The SMILES string of the molecule is CCOc1cc(N2CCCN(C(=O)NCc3ccccc3F)CC2)ccc1-n1cnc(C)n1. The lowest BCUT2D eigenvalue weighted by Gasteiger charge is -2.25. The molecule has 2 amide bonds. The molecule has 1 aliphatic heterocycles. The quantitative estimate of drug-likeness (QED) is 0.619. The van der Waals surface area contributed by atoms with Crippen LogP contribution in [-0.4, -0.2) is 58.5 Å². The van der Waals surface area contributed by atoms with Gasteiger partial charge in [-0.05, 0) is 38.5 Å². The van der Waals surface area contributed by atoms with Gasteiger partial charge in [0.15, 0.2) is 0 Å². The van der Waals surface area contributed by atoms with Gasteiger partial charge in [0, 0.05) is 50.0 Å². The Morgan fingerprint density at radius 3 is 2.76 bits per heavy atom. The number of halogens is 1. The fourth-order valence-electron chi connectivity index (χ4n) is 3.92. The summed E-state index contributed by atoms with van der Waals surface area (Å²) in [5, 5.41) is 7.23. The maximum atomic E-state index is 13.8. The molecule has 0 radical (unpaired) electrons. The number of benzene rings is 2. The third-order valence-electron chi connectivity index (χ3n) is 5.63. The number of rotatable bonds is 6. The Balaban J connectivity index is 1.41. The van der Waals surface area contributed by atoms with Gasteiger partial charge < -0.3 is 19.9 Å². The monoisotopic (exact) mass is 452 g/mol. The van der Waals surface area contributed by atoms with Crippen molar-refractivity contribution in [2.24, 2.45) is 0 Å². The molecule has 0 aliphatic carbocycles. The highest BCUT2D eigenvalue weighted by Gasteiger charge is 2.20. The zero-order chi connectivity index (χ0) is 23.2. The summed E-state index contributed by atoms with van der Waals surface area (Å²) in [5.74, 6) is 1.13. The number of nitrogens with one attached hydrogen (secondary N) is 1. The lowest BCUT2D eigenvalue weighted by molar-refractivity contribution is 0.201. The number of ether oxygens (including phenoxy) is 1. The van der Waals surface area contributed by atoms with E-state index in [0.29, 0.717) is 37.6 Å². The molecule has 2 heterocycles. The number of hydrogen-bond donors (Lipinski definition) is 1. The van der Waals surface area contributed by atoms with Crippen LogP contribution >= 0.6 is 0 Å². The van der Waals surface area contributed by atoms with Gasteiger partial charge in [-0.3, -0.25) is 0 Å². The van der Waals surface area contributed by atoms with E-state index in [0.717, 1.165) is 30.1 Å². The Labute approximate surface area is 193 Å². The smallest absolute Gasteiger partial charge is 0.317 e. The molecule has 1 fully saturated rings. The molecule has 2 aromatic carbocycles. The summed E-state index contributed by atoms with van der Waals surface area (Å²) in [4.78, 5) is 20.9. The second-order valence-corrected chi connectivity index (χ2v) is 7.90. The van der Waals surface area contributed by atoms with Crippen molar-refractivity contribution in [2.45, 2.75) is 26.8 Å². The van der Waals surface area contributed by atoms with Gasteiger partial charge in [-0.1, -0.05) is 18.2 Å². The first-order valence-corrected chi connectivity index (χ1v) is 11.2. The molecule has 174 valence electrons. The number of carbonyl (C=O) groups excluding carboxylic acids is 1. The number of aryl methyl sites for hydroxylation is 1. The van der Waals surface area contributed by atoms with Crippen molar-refractivity contribution in [3.8, 4) is 11.4 Å². The van der Waals surface area contributed by atoms with Crippen molar-refractivity contribution in [2.75, 3.05) is 37.7 Å². The number of urea groups is 1. The number of aromatic nitrogens is 3. The van der Waals surface area contributed by atoms with Crippen molar-refractivity contribution < 1.29 is 13.9 Å². The Hall–Kier alpha value is -3.62. The van der Waals surface area contributed by atoms with Crippen molar-refractivity contribution in [3.05, 3.63) is 66.0 Å². The van der Waals surface area contributed by atoms with Gasteiger partial charge in [-0.25, -0.2) is 18.9 Å². The van der Waals surface area contributed by atoms with Crippen LogP contribution in [0.4, 0.5) is 14.9 Å². The highest BCUT2D eigenvalue weighted by Crippen LogP contribution is 2.29. The maximum Gasteiger partial charge on any atom is 0.317 e. The molecule has 9 heteroatoms. The second kappa shape index (κ2) is 10.3. The van der Waals surface area contributed by atoms with Crippen molar-refractivity contribution in [1.82, 2.24) is 25.0 Å². The molecule has 0 saturated carbocycles. The first-order valence-electron chi connectivity index (χ1n) is 11.2. The van der Waals surface area contributed by atoms with E-state index in [2.05, 4.69) is 20.3 Å². The van der Waals surface area contributed by atoms with E-state index < -0.39 is 0 Å². The predicted molar refractivity (Wildman–Crippen MR) is 124 cm³/mol. The minimum atomic E-state index is -0.311. The summed E-state index contributed by atoms with van der Waals surface area (Å²) in [7, 11) is 0. The summed E-state index contributed by atoms with van der Waals surface area (Å²) >= 11 is 0. The van der Waals surface area contributed by atoms with Gasteiger partial charge in [-0.15, -0.1) is 0 Å². The minimum Gasteiger partial charge on any atom is -0.492 e. The van der Waals surface area contributed by atoms with Crippen LogP contribution in [0.15, 0.2) is 48.8 Å². The summed E-state index contributed by atoms with van der Waals surface area (Å²) in [6.45, 7) is 7.26. The van der Waals surface area contributed by atoms with Crippen molar-refractivity contribution in [3.63, 3.8) is 0 Å². The maximum absolute atomic E-state index is 13.8. The molecular formula is C24H29FN6O2. The highest BCUT2D eigenvalue weighted by atomic mass is 19.1. The molecule has 3 aromatic rings. The van der Waals surface area contributed by atoms with Gasteiger partial charge in [-0.2, -0.15) is 5.10 Å². The summed E-state index contributed by atoms with van der Waals surface area (Å²) in [6, 6.07) is 12.4. The number of nitrogens with zero attached hydrogens (tertiary/aromatic N) is 5. The van der Waals surface area contributed by atoms with Crippen LogP contribution in [0.25, 0.3) is 5.69 Å². The van der Waals surface area contributed by atoms with Crippen molar-refractivity contribution >= 4 is 11.7 Å². The topological polar surface area (TPSA) is 75.5 Å². The molecular weight excluding hydrogens is 423 g/mol. The van der Waals surface area contributed by atoms with Gasteiger partial charge >= 0.3 is 6.03 Å². The Morgan fingerprint density at radius 2 is 2.00 bits per heavy atom. The van der Waals surface area contributed by atoms with Crippen LogP contribution in [-0.2, 0) is 6.54 Å². The van der Waals surface area contributed by atoms with E-state index in [-0.39, 0.29) is 18.4 Å². The fraction of sp³-hybridized carbons (Fsp3) is 0.375. The zero-order valence-corrected chi connectivity index (χ0v) is 19.0. The van der Waals surface area contributed by atoms with Crippen LogP contribution in [0.1, 0.15) is 24.7 Å². The average molecular weight is 453 g/mol. The molecule has 1 saturated heterocycles. The van der Waals surface area contributed by atoms with Gasteiger partial charge in [0.25, 0.3) is 0 Å². The van der Waals surface area contributed by atoms with Crippen molar-refractivity contribution in [1.29, 1.82) is 0 Å². The van der Waals surface area contributed by atoms with Crippen LogP contribution < -0.4 is 15.0 Å². The van der Waals surface area contributed by atoms with Gasteiger partial charge in [0.2, 0.25) is 0 Å². The van der Waals surface area contributed by atoms with E-state index in [1.165, 1.54) is 6.07 Å². The molecule has 33 heavy (non-hydrogen) atoms. The lowest BCUT2D eigenvalue weighted by Crippen LogP contribution is -2.41. The zero-order valence-electron chi connectivity index (χ0n) is 19.0. The Morgan fingerprint density at radius 1 is 1.15 bits per heavy atom. The van der Waals surface area contributed by atoms with Crippen LogP contribution in [0.3, 0.4) is 0 Å². The van der Waals surface area contributed by atoms with Crippen LogP contribution in [0.5, 0.6) is 5.75 Å². The summed E-state index contributed by atoms with van der Waals surface area (Å²) in [5.41, 5.74) is 2.35. The normalized spacial score (nSPS) is 14.2. The van der Waals surface area contributed by atoms with E-state index in [9.17, 15) is 9.18 Å². The number of anilines is 1. The number of hydrogen-bond acceptors (Lipinski definition) is 5. The van der Waals surface area contributed by atoms with Gasteiger partial charge in [0.1, 0.15) is 29.4 Å². The largest absolute Gasteiger partial charge is 0.492 e. The first-order chi connectivity index (χ1) is 16.0. The molecule has 8 nitrogen and oxygen atoms in total. The molecule has 1 aliphatic rings. The standard InChI is InChI=1S/C24H29FN6O2/c1-3-33-23-15-20(9-10-22(23)31-17-27-18(2)28-31)29-11-6-12-30(14-13-29)24(32)26-16-19-7-4-5-8-21(19)25/h4-5,7-10,15,17H,3,6,11-14,16H2,1-2H3,(H,26,32). The Bertz CT molecular complexity index is 1100. The van der Waals surface area contributed by atoms with Crippen LogP contribution in [0.2, 0.25) is 0 Å². The first kappa shape index (κ1) is 22.6. The fourth-order valence-corrected chi connectivity index (χ4v) is 3.92. The molecule has 0 unspecified atom stereocenters. The van der Waals surface area contributed by atoms with Crippen LogP contribution in [0, 0.1) is 12.7 Å². The predicted octanol–water partition coefficient (Wildman–Crippen LogP) is 3.54. The second-order valence-electron chi connectivity index (χ2n) is 7.90.